The van der Waals surface area contributed by atoms with Crippen molar-refractivity contribution in [2.24, 2.45) is 0 Å². The first-order chi connectivity index (χ1) is 2.77. The molecule has 0 N–H and O–H groups in total. The molecule has 0 aromatic rings. The zero-order valence-corrected chi connectivity index (χ0v) is 5.83. The van der Waals surface area contributed by atoms with Gasteiger partial charge < -0.3 is 0 Å². The Hall–Kier alpha value is 0.480. The van der Waals surface area contributed by atoms with Gasteiger partial charge in [-0.15, -0.1) is 0 Å². The zero-order chi connectivity index (χ0) is 4.99. The van der Waals surface area contributed by atoms with Gasteiger partial charge in [0, 0.05) is 4.83 Å². The van der Waals surface area contributed by atoms with Crippen LogP contribution in [0, 0.1) is 6.42 Å². The lowest BCUT2D eigenvalue weighted by Crippen LogP contribution is -1.85. The van der Waals surface area contributed by atoms with Gasteiger partial charge in [-0.1, -0.05) is 29.8 Å². The van der Waals surface area contributed by atoms with Crippen LogP contribution >= 0.6 is 15.9 Å². The minimum Gasteiger partial charge on any atom is -0.0894 e. The van der Waals surface area contributed by atoms with E-state index in [0.29, 0.717) is 4.83 Å². The third kappa shape index (κ3) is 4.48. The standard InChI is InChI=1S/C5H10Br/c1-3-4-5(2)6/h3,5H,4H2,1-2H3. The second-order valence-corrected chi connectivity index (χ2v) is 2.99. The molecule has 0 aromatic carbocycles. The third-order valence-corrected chi connectivity index (χ3v) is 0.934. The summed E-state index contributed by atoms with van der Waals surface area (Å²) in [6, 6.07) is 0. The van der Waals surface area contributed by atoms with Crippen LogP contribution in [0.4, 0.5) is 0 Å². The van der Waals surface area contributed by atoms with Crippen LogP contribution in [0.25, 0.3) is 0 Å². The second-order valence-electron chi connectivity index (χ2n) is 1.42. The van der Waals surface area contributed by atoms with Gasteiger partial charge >= 0.3 is 0 Å². The molecule has 1 radical (unpaired) electrons. The summed E-state index contributed by atoms with van der Waals surface area (Å²) in [5, 5.41) is 0. The summed E-state index contributed by atoms with van der Waals surface area (Å²) in [7, 11) is 0. The van der Waals surface area contributed by atoms with Crippen molar-refractivity contribution in [3.8, 4) is 0 Å². The summed E-state index contributed by atoms with van der Waals surface area (Å²) in [4.78, 5) is 0.655. The van der Waals surface area contributed by atoms with Crippen LogP contribution in [0.5, 0.6) is 0 Å². The summed E-state index contributed by atoms with van der Waals surface area (Å²) in [5.41, 5.74) is 0. The highest BCUT2D eigenvalue weighted by Gasteiger charge is 1.88. The van der Waals surface area contributed by atoms with Crippen molar-refractivity contribution < 1.29 is 0 Å². The van der Waals surface area contributed by atoms with E-state index in [1.807, 2.05) is 0 Å². The maximum Gasteiger partial charge on any atom is 0.0120 e. The first-order valence-corrected chi connectivity index (χ1v) is 3.11. The van der Waals surface area contributed by atoms with Gasteiger partial charge in [0.25, 0.3) is 0 Å². The average molecular weight is 150 g/mol. The number of halogens is 1. The number of hydrogen-bond acceptors (Lipinski definition) is 0. The summed E-state index contributed by atoms with van der Waals surface area (Å²) in [6.45, 7) is 4.21. The van der Waals surface area contributed by atoms with E-state index in [1.54, 1.807) is 0 Å². The number of rotatable bonds is 2. The van der Waals surface area contributed by atoms with E-state index in [1.165, 1.54) is 6.42 Å². The van der Waals surface area contributed by atoms with E-state index >= 15 is 0 Å². The molecule has 0 aliphatic carbocycles. The molecule has 1 heteroatoms. The third-order valence-electron chi connectivity index (χ3n) is 0.560. The molecule has 0 saturated heterocycles. The van der Waals surface area contributed by atoms with Gasteiger partial charge in [0.1, 0.15) is 0 Å². The van der Waals surface area contributed by atoms with Gasteiger partial charge in [0.05, 0.1) is 0 Å². The first kappa shape index (κ1) is 6.48. The fourth-order valence-electron chi connectivity index (χ4n) is 0.325. The first-order valence-electron chi connectivity index (χ1n) is 2.19. The van der Waals surface area contributed by atoms with E-state index < -0.39 is 0 Å². The lowest BCUT2D eigenvalue weighted by atomic mass is 10.3. The van der Waals surface area contributed by atoms with Crippen molar-refractivity contribution in [3.05, 3.63) is 6.42 Å². The highest BCUT2D eigenvalue weighted by Crippen LogP contribution is 2.03. The van der Waals surface area contributed by atoms with Gasteiger partial charge in [0.15, 0.2) is 0 Å². The van der Waals surface area contributed by atoms with Gasteiger partial charge in [-0.3, -0.25) is 0 Å². The molecule has 0 saturated carbocycles. The van der Waals surface area contributed by atoms with E-state index in [2.05, 4.69) is 36.2 Å². The molecule has 0 heterocycles. The molecule has 1 unspecified atom stereocenters. The second kappa shape index (κ2) is 3.66. The lowest BCUT2D eigenvalue weighted by molar-refractivity contribution is 0.936. The van der Waals surface area contributed by atoms with E-state index in [4.69, 9.17) is 0 Å². The molecule has 0 spiro atoms. The van der Waals surface area contributed by atoms with Gasteiger partial charge in [-0.25, -0.2) is 0 Å². The minimum atomic E-state index is 0.655. The van der Waals surface area contributed by atoms with Crippen molar-refractivity contribution in [3.63, 3.8) is 0 Å². The quantitative estimate of drug-likeness (QED) is 0.530. The van der Waals surface area contributed by atoms with Crippen LogP contribution in [0.3, 0.4) is 0 Å². The van der Waals surface area contributed by atoms with Crippen LogP contribution in [0.15, 0.2) is 0 Å². The Labute approximate surface area is 48.1 Å². The smallest absolute Gasteiger partial charge is 0.0120 e. The normalized spacial score (nSPS) is 14.5. The van der Waals surface area contributed by atoms with Gasteiger partial charge in [-0.05, 0) is 12.8 Å². The van der Waals surface area contributed by atoms with Gasteiger partial charge in [0.2, 0.25) is 0 Å². The Bertz CT molecular complexity index is 25.1. The predicted molar refractivity (Wildman–Crippen MR) is 33.0 cm³/mol. The fourth-order valence-corrected chi connectivity index (χ4v) is 0.699. The molecule has 1 atom stereocenters. The summed E-state index contributed by atoms with van der Waals surface area (Å²) in [6.07, 6.45) is 3.32. The molecule has 0 nitrogen and oxygen atoms in total. The molecule has 0 bridgehead atoms. The van der Waals surface area contributed by atoms with Crippen LogP contribution in [-0.2, 0) is 0 Å². The Balaban J connectivity index is 2.63. The highest BCUT2D eigenvalue weighted by atomic mass is 79.9. The Morgan fingerprint density at radius 1 is 1.83 bits per heavy atom. The molecule has 0 aliphatic heterocycles. The molecule has 6 heavy (non-hydrogen) atoms. The van der Waals surface area contributed by atoms with E-state index in [0.717, 1.165) is 0 Å². The summed E-state index contributed by atoms with van der Waals surface area (Å²) >= 11 is 3.40. The maximum atomic E-state index is 3.40. The van der Waals surface area contributed by atoms with E-state index in [-0.39, 0.29) is 0 Å². The SMILES string of the molecule is C[CH]CC(C)Br. The molecule has 37 valence electrons. The summed E-state index contributed by atoms with van der Waals surface area (Å²) < 4.78 is 0. The Morgan fingerprint density at radius 2 is 2.33 bits per heavy atom. The predicted octanol–water partition coefficient (Wildman–Crippen LogP) is 2.38. The number of alkyl halides is 1. The molecule has 0 aromatic heterocycles. The lowest BCUT2D eigenvalue weighted by Gasteiger charge is -1.93. The number of hydrogen-bond donors (Lipinski definition) is 0. The molecule has 0 aliphatic rings. The monoisotopic (exact) mass is 149 g/mol. The van der Waals surface area contributed by atoms with E-state index in [9.17, 15) is 0 Å². The Kier molecular flexibility index (Phi) is 3.96. The zero-order valence-electron chi connectivity index (χ0n) is 4.24. The van der Waals surface area contributed by atoms with Crippen molar-refractivity contribution >= 4 is 15.9 Å². The summed E-state index contributed by atoms with van der Waals surface area (Å²) in [5.74, 6) is 0. The average Bonchev–Trinajstić information content (AvgIpc) is 1.35. The molecule has 0 rings (SSSR count). The van der Waals surface area contributed by atoms with Crippen LogP contribution in [-0.4, -0.2) is 4.83 Å². The fraction of sp³-hybridized carbons (Fsp3) is 0.800. The van der Waals surface area contributed by atoms with Crippen molar-refractivity contribution in [1.82, 2.24) is 0 Å². The van der Waals surface area contributed by atoms with Crippen LogP contribution in [0.2, 0.25) is 0 Å². The van der Waals surface area contributed by atoms with Crippen LogP contribution in [0.1, 0.15) is 20.3 Å². The molecular formula is C5H10Br. The van der Waals surface area contributed by atoms with Crippen LogP contribution < -0.4 is 0 Å². The topological polar surface area (TPSA) is 0 Å². The Morgan fingerprint density at radius 3 is 2.33 bits per heavy atom. The molecule has 0 amide bonds. The van der Waals surface area contributed by atoms with Crippen molar-refractivity contribution in [2.75, 3.05) is 0 Å². The maximum absolute atomic E-state index is 3.40. The largest absolute Gasteiger partial charge is 0.0894 e. The van der Waals surface area contributed by atoms with Gasteiger partial charge in [-0.2, -0.15) is 0 Å². The molecular weight excluding hydrogens is 140 g/mol. The minimum absolute atomic E-state index is 0.655. The molecule has 0 fully saturated rings. The highest BCUT2D eigenvalue weighted by molar-refractivity contribution is 9.09. The van der Waals surface area contributed by atoms with Crippen molar-refractivity contribution in [1.29, 1.82) is 0 Å². The van der Waals surface area contributed by atoms with Crippen molar-refractivity contribution in [2.45, 2.75) is 25.1 Å².